The molecule has 1 aromatic carbocycles. The van der Waals surface area contributed by atoms with Crippen LogP contribution in [0.4, 0.5) is 0 Å². The van der Waals surface area contributed by atoms with Gasteiger partial charge < -0.3 is 0 Å². The third-order valence-corrected chi connectivity index (χ3v) is 3.74. The number of allylic oxidation sites excluding steroid dienone is 1. The SMILES string of the molecule is O=C(N/N=C\C(Br)=C\c1ccccc1)c1cc(C2CC2)[nH]n1. The number of benzene rings is 1. The van der Waals surface area contributed by atoms with E-state index in [1.54, 1.807) is 12.3 Å². The van der Waals surface area contributed by atoms with E-state index in [4.69, 9.17) is 0 Å². The van der Waals surface area contributed by atoms with Gasteiger partial charge in [0.05, 0.1) is 6.21 Å². The number of nitrogens with zero attached hydrogens (tertiary/aromatic N) is 2. The number of halogens is 1. The first-order valence-electron chi connectivity index (χ1n) is 7.03. The third kappa shape index (κ3) is 3.92. The molecule has 0 aliphatic heterocycles. The summed E-state index contributed by atoms with van der Waals surface area (Å²) in [4.78, 5) is 11.9. The Morgan fingerprint density at radius 2 is 2.14 bits per heavy atom. The first-order valence-corrected chi connectivity index (χ1v) is 7.82. The molecular formula is C16H15BrN4O. The second-order valence-electron chi connectivity index (χ2n) is 5.12. The largest absolute Gasteiger partial charge is 0.291 e. The van der Waals surface area contributed by atoms with Crippen LogP contribution in [0.2, 0.25) is 0 Å². The molecule has 1 aliphatic rings. The molecule has 0 saturated heterocycles. The van der Waals surface area contributed by atoms with Crippen LogP contribution in [0.25, 0.3) is 6.08 Å². The molecule has 0 radical (unpaired) electrons. The number of amides is 1. The van der Waals surface area contributed by atoms with Crippen LogP contribution in [0.15, 0.2) is 46.0 Å². The van der Waals surface area contributed by atoms with Gasteiger partial charge in [0.1, 0.15) is 0 Å². The lowest BCUT2D eigenvalue weighted by Crippen LogP contribution is -2.17. The van der Waals surface area contributed by atoms with Gasteiger partial charge in [0.15, 0.2) is 5.69 Å². The summed E-state index contributed by atoms with van der Waals surface area (Å²) in [6.07, 6.45) is 5.78. The Morgan fingerprint density at radius 3 is 2.86 bits per heavy atom. The topological polar surface area (TPSA) is 70.1 Å². The van der Waals surface area contributed by atoms with E-state index in [2.05, 4.69) is 36.7 Å². The van der Waals surface area contributed by atoms with Gasteiger partial charge >= 0.3 is 0 Å². The molecule has 0 spiro atoms. The second kappa shape index (κ2) is 6.70. The summed E-state index contributed by atoms with van der Waals surface area (Å²) in [7, 11) is 0. The van der Waals surface area contributed by atoms with E-state index in [0.29, 0.717) is 11.6 Å². The van der Waals surface area contributed by atoms with Crippen LogP contribution in [0.5, 0.6) is 0 Å². The Labute approximate surface area is 136 Å². The van der Waals surface area contributed by atoms with Crippen molar-refractivity contribution in [3.05, 3.63) is 57.8 Å². The van der Waals surface area contributed by atoms with Gasteiger partial charge in [0, 0.05) is 16.1 Å². The molecule has 0 unspecified atom stereocenters. The van der Waals surface area contributed by atoms with Crippen molar-refractivity contribution < 1.29 is 4.79 Å². The molecule has 1 amide bonds. The fraction of sp³-hybridized carbons (Fsp3) is 0.188. The normalized spacial score (nSPS) is 15.2. The minimum absolute atomic E-state index is 0.320. The molecule has 5 nitrogen and oxygen atoms in total. The summed E-state index contributed by atoms with van der Waals surface area (Å²) in [5.41, 5.74) is 4.91. The molecule has 0 bridgehead atoms. The zero-order valence-electron chi connectivity index (χ0n) is 11.8. The second-order valence-corrected chi connectivity index (χ2v) is 6.04. The van der Waals surface area contributed by atoms with Gasteiger partial charge in [0.2, 0.25) is 0 Å². The highest BCUT2D eigenvalue weighted by atomic mass is 79.9. The van der Waals surface area contributed by atoms with Gasteiger partial charge in [-0.05, 0) is 46.5 Å². The molecule has 1 saturated carbocycles. The molecule has 0 atom stereocenters. The van der Waals surface area contributed by atoms with Crippen LogP contribution in [0.3, 0.4) is 0 Å². The van der Waals surface area contributed by atoms with Crippen LogP contribution < -0.4 is 5.43 Å². The third-order valence-electron chi connectivity index (χ3n) is 3.31. The fourth-order valence-corrected chi connectivity index (χ4v) is 2.38. The highest BCUT2D eigenvalue weighted by Crippen LogP contribution is 2.38. The number of hydrazone groups is 1. The Hall–Kier alpha value is -2.21. The van der Waals surface area contributed by atoms with Crippen LogP contribution >= 0.6 is 15.9 Å². The summed E-state index contributed by atoms with van der Waals surface area (Å²) >= 11 is 3.39. The van der Waals surface area contributed by atoms with Gasteiger partial charge in [-0.25, -0.2) is 5.43 Å². The highest BCUT2D eigenvalue weighted by molar-refractivity contribution is 9.12. The number of hydrogen-bond donors (Lipinski definition) is 2. The Balaban J connectivity index is 1.56. The molecule has 112 valence electrons. The number of rotatable bonds is 5. The number of aromatic amines is 1. The van der Waals surface area contributed by atoms with E-state index in [9.17, 15) is 4.79 Å². The summed E-state index contributed by atoms with van der Waals surface area (Å²) in [5, 5.41) is 10.8. The standard InChI is InChI=1S/C16H15BrN4O/c17-13(8-11-4-2-1-3-5-11)10-18-21-16(22)15-9-14(19-20-15)12-6-7-12/h1-5,8-10,12H,6-7H2,(H,19,20)(H,21,22)/b13-8-,18-10-. The van der Waals surface area contributed by atoms with E-state index in [0.717, 1.165) is 15.7 Å². The van der Waals surface area contributed by atoms with Crippen LogP contribution in [-0.2, 0) is 0 Å². The lowest BCUT2D eigenvalue weighted by Gasteiger charge is -1.95. The monoisotopic (exact) mass is 358 g/mol. The first kappa shape index (κ1) is 14.7. The van der Waals surface area contributed by atoms with Crippen molar-refractivity contribution in [2.45, 2.75) is 18.8 Å². The Kier molecular flexibility index (Phi) is 4.48. The maximum atomic E-state index is 11.9. The first-order chi connectivity index (χ1) is 10.7. The number of aromatic nitrogens is 2. The average Bonchev–Trinajstić information content (AvgIpc) is 3.25. The van der Waals surface area contributed by atoms with Crippen molar-refractivity contribution in [3.63, 3.8) is 0 Å². The number of nitrogens with one attached hydrogen (secondary N) is 2. The highest BCUT2D eigenvalue weighted by Gasteiger charge is 2.26. The average molecular weight is 359 g/mol. The lowest BCUT2D eigenvalue weighted by atomic mass is 10.2. The van der Waals surface area contributed by atoms with Gasteiger partial charge in [-0.15, -0.1) is 0 Å². The van der Waals surface area contributed by atoms with E-state index < -0.39 is 0 Å². The molecule has 1 heterocycles. The quantitative estimate of drug-likeness (QED) is 0.634. The molecule has 1 fully saturated rings. The predicted molar refractivity (Wildman–Crippen MR) is 89.9 cm³/mol. The Morgan fingerprint density at radius 1 is 1.36 bits per heavy atom. The maximum absolute atomic E-state index is 11.9. The fourth-order valence-electron chi connectivity index (χ4n) is 2.01. The maximum Gasteiger partial charge on any atom is 0.291 e. The van der Waals surface area contributed by atoms with Gasteiger partial charge in [-0.2, -0.15) is 10.2 Å². The van der Waals surface area contributed by atoms with Crippen molar-refractivity contribution in [1.82, 2.24) is 15.6 Å². The van der Waals surface area contributed by atoms with Crippen LogP contribution in [0, 0.1) is 0 Å². The molecule has 22 heavy (non-hydrogen) atoms. The summed E-state index contributed by atoms with van der Waals surface area (Å²) < 4.78 is 0.764. The molecule has 3 rings (SSSR count). The van der Waals surface area contributed by atoms with Crippen molar-refractivity contribution in [1.29, 1.82) is 0 Å². The smallest absolute Gasteiger partial charge is 0.281 e. The van der Waals surface area contributed by atoms with E-state index in [1.165, 1.54) is 12.8 Å². The minimum atomic E-state index is -0.320. The van der Waals surface area contributed by atoms with E-state index in [-0.39, 0.29) is 5.91 Å². The molecule has 2 N–H and O–H groups in total. The molecule has 1 aliphatic carbocycles. The minimum Gasteiger partial charge on any atom is -0.281 e. The summed E-state index contributed by atoms with van der Waals surface area (Å²) in [6.45, 7) is 0. The van der Waals surface area contributed by atoms with E-state index in [1.807, 2.05) is 36.4 Å². The zero-order valence-corrected chi connectivity index (χ0v) is 13.4. The van der Waals surface area contributed by atoms with Crippen molar-refractivity contribution in [3.8, 4) is 0 Å². The van der Waals surface area contributed by atoms with Crippen molar-refractivity contribution in [2.24, 2.45) is 5.10 Å². The number of carbonyl (C=O) groups is 1. The van der Waals surface area contributed by atoms with Crippen molar-refractivity contribution in [2.75, 3.05) is 0 Å². The summed E-state index contributed by atoms with van der Waals surface area (Å²) in [5.74, 6) is 0.222. The molecule has 1 aromatic heterocycles. The predicted octanol–water partition coefficient (Wildman–Crippen LogP) is 3.44. The Bertz CT molecular complexity index is 717. The van der Waals surface area contributed by atoms with E-state index >= 15 is 0 Å². The van der Waals surface area contributed by atoms with Crippen LogP contribution in [-0.4, -0.2) is 22.3 Å². The number of hydrogen-bond acceptors (Lipinski definition) is 3. The molecule has 2 aromatic rings. The van der Waals surface area contributed by atoms with Crippen LogP contribution in [0.1, 0.15) is 40.5 Å². The number of carbonyl (C=O) groups excluding carboxylic acids is 1. The van der Waals surface area contributed by atoms with Gasteiger partial charge in [-0.3, -0.25) is 9.89 Å². The molecular weight excluding hydrogens is 344 g/mol. The van der Waals surface area contributed by atoms with Gasteiger partial charge in [-0.1, -0.05) is 30.3 Å². The lowest BCUT2D eigenvalue weighted by molar-refractivity contribution is 0.0950. The van der Waals surface area contributed by atoms with Gasteiger partial charge in [0.25, 0.3) is 5.91 Å². The number of H-pyrrole nitrogens is 1. The zero-order chi connectivity index (χ0) is 15.4. The summed E-state index contributed by atoms with van der Waals surface area (Å²) in [6, 6.07) is 11.6. The van der Waals surface area contributed by atoms with Crippen molar-refractivity contribution >= 4 is 34.1 Å². The molecule has 6 heteroatoms.